The molecule has 0 heterocycles. The van der Waals surface area contributed by atoms with Crippen molar-refractivity contribution in [3.05, 3.63) is 58.1 Å². The lowest BCUT2D eigenvalue weighted by Gasteiger charge is -2.06. The first-order valence-corrected chi connectivity index (χ1v) is 7.05. The number of rotatable bonds is 5. The van der Waals surface area contributed by atoms with Gasteiger partial charge in [0.1, 0.15) is 5.75 Å². The van der Waals surface area contributed by atoms with Crippen molar-refractivity contribution >= 4 is 17.4 Å². The Hall–Kier alpha value is -2.01. The fraction of sp³-hybridized carbons (Fsp3) is 0.200. The Morgan fingerprint density at radius 2 is 1.80 bits per heavy atom. The summed E-state index contributed by atoms with van der Waals surface area (Å²) in [5.74, 6) is 0.812. The molecule has 0 aliphatic carbocycles. The van der Waals surface area contributed by atoms with E-state index in [4.69, 9.17) is 4.74 Å². The van der Waals surface area contributed by atoms with E-state index in [1.54, 1.807) is 31.0 Å². The summed E-state index contributed by atoms with van der Waals surface area (Å²) in [6.07, 6.45) is 0.646. The second kappa shape index (κ2) is 6.43. The zero-order valence-electron chi connectivity index (χ0n) is 11.3. The lowest BCUT2D eigenvalue weighted by Crippen LogP contribution is -1.94. The van der Waals surface area contributed by atoms with Crippen molar-refractivity contribution in [3.63, 3.8) is 0 Å². The third kappa shape index (κ3) is 3.30. The lowest BCUT2D eigenvalue weighted by molar-refractivity contribution is -0.385. The van der Waals surface area contributed by atoms with Crippen LogP contribution in [0.3, 0.4) is 0 Å². The van der Waals surface area contributed by atoms with Gasteiger partial charge in [0.25, 0.3) is 5.69 Å². The van der Waals surface area contributed by atoms with Gasteiger partial charge in [-0.1, -0.05) is 18.7 Å². The normalized spacial score (nSPS) is 10.3. The molecule has 4 nitrogen and oxygen atoms in total. The van der Waals surface area contributed by atoms with Gasteiger partial charge in [-0.2, -0.15) is 0 Å². The van der Waals surface area contributed by atoms with Crippen LogP contribution in [-0.4, -0.2) is 12.0 Å². The Labute approximate surface area is 121 Å². The van der Waals surface area contributed by atoms with Crippen molar-refractivity contribution in [3.8, 4) is 5.75 Å². The predicted octanol–water partition coefficient (Wildman–Crippen LogP) is 4.32. The average Bonchev–Trinajstić information content (AvgIpc) is 2.47. The van der Waals surface area contributed by atoms with Crippen LogP contribution in [0.15, 0.2) is 52.3 Å². The molecule has 0 saturated carbocycles. The van der Waals surface area contributed by atoms with Gasteiger partial charge in [0.05, 0.1) is 12.0 Å². The molecule has 2 rings (SSSR count). The second-order valence-corrected chi connectivity index (χ2v) is 5.33. The zero-order chi connectivity index (χ0) is 14.5. The first-order valence-electron chi connectivity index (χ1n) is 6.23. The van der Waals surface area contributed by atoms with Crippen molar-refractivity contribution in [2.24, 2.45) is 0 Å². The fourth-order valence-electron chi connectivity index (χ4n) is 1.87. The van der Waals surface area contributed by atoms with Crippen LogP contribution in [0.4, 0.5) is 5.69 Å². The molecule has 2 aromatic rings. The fourth-order valence-corrected chi connectivity index (χ4v) is 2.75. The summed E-state index contributed by atoms with van der Waals surface area (Å²) in [7, 11) is 1.63. The van der Waals surface area contributed by atoms with Crippen LogP contribution in [-0.2, 0) is 6.42 Å². The maximum atomic E-state index is 10.9. The van der Waals surface area contributed by atoms with Gasteiger partial charge >= 0.3 is 0 Å². The Bertz CT molecular complexity index is 611. The highest BCUT2D eigenvalue weighted by atomic mass is 32.2. The van der Waals surface area contributed by atoms with Crippen LogP contribution in [0.1, 0.15) is 12.5 Å². The molecule has 104 valence electrons. The molecule has 0 spiro atoms. The molecule has 0 aliphatic rings. The number of nitrogens with zero attached hydrogens (tertiary/aromatic N) is 1. The SMILES string of the molecule is CCc1cc(Sc2ccc(OC)cc2)ccc1[N+](=O)[O-]. The lowest BCUT2D eigenvalue weighted by atomic mass is 10.1. The Balaban J connectivity index is 2.22. The molecule has 0 fully saturated rings. The summed E-state index contributed by atoms with van der Waals surface area (Å²) in [5, 5.41) is 10.9. The number of hydrogen-bond acceptors (Lipinski definition) is 4. The molecule has 5 heteroatoms. The molecule has 0 atom stereocenters. The van der Waals surface area contributed by atoms with Gasteiger partial charge in [-0.3, -0.25) is 10.1 Å². The van der Waals surface area contributed by atoms with E-state index in [1.807, 2.05) is 37.3 Å². The minimum atomic E-state index is -0.333. The molecule has 2 aromatic carbocycles. The van der Waals surface area contributed by atoms with E-state index in [9.17, 15) is 10.1 Å². The maximum absolute atomic E-state index is 10.9. The van der Waals surface area contributed by atoms with E-state index in [1.165, 1.54) is 0 Å². The van der Waals surface area contributed by atoms with Gasteiger partial charge in [0.15, 0.2) is 0 Å². The summed E-state index contributed by atoms with van der Waals surface area (Å²) in [6, 6.07) is 13.0. The molecule has 0 saturated heterocycles. The number of benzene rings is 2. The van der Waals surface area contributed by atoms with Gasteiger partial charge < -0.3 is 4.74 Å². The number of ether oxygens (including phenoxy) is 1. The standard InChI is InChI=1S/C15H15NO3S/c1-3-11-10-14(8-9-15(11)16(17)18)20-13-6-4-12(19-2)5-7-13/h4-10H,3H2,1-2H3. The van der Waals surface area contributed by atoms with Crippen molar-refractivity contribution in [2.75, 3.05) is 7.11 Å². The van der Waals surface area contributed by atoms with Crippen molar-refractivity contribution in [1.82, 2.24) is 0 Å². The molecule has 0 N–H and O–H groups in total. The largest absolute Gasteiger partial charge is 0.497 e. The highest BCUT2D eigenvalue weighted by Gasteiger charge is 2.12. The van der Waals surface area contributed by atoms with E-state index < -0.39 is 0 Å². The van der Waals surface area contributed by atoms with Crippen LogP contribution in [0.25, 0.3) is 0 Å². The van der Waals surface area contributed by atoms with Crippen molar-refractivity contribution in [1.29, 1.82) is 0 Å². The summed E-state index contributed by atoms with van der Waals surface area (Å²) in [4.78, 5) is 12.6. The van der Waals surface area contributed by atoms with Crippen LogP contribution in [0, 0.1) is 10.1 Å². The number of methoxy groups -OCH3 is 1. The van der Waals surface area contributed by atoms with E-state index in [0.29, 0.717) is 6.42 Å². The Morgan fingerprint density at radius 3 is 2.35 bits per heavy atom. The molecule has 0 aliphatic heterocycles. The van der Waals surface area contributed by atoms with Gasteiger partial charge in [-0.05, 0) is 42.8 Å². The average molecular weight is 289 g/mol. The Kier molecular flexibility index (Phi) is 4.63. The minimum Gasteiger partial charge on any atom is -0.497 e. The van der Waals surface area contributed by atoms with E-state index in [2.05, 4.69) is 0 Å². The molecule has 0 radical (unpaired) electrons. The molecule has 0 amide bonds. The predicted molar refractivity (Wildman–Crippen MR) is 79.6 cm³/mol. The first kappa shape index (κ1) is 14.4. The van der Waals surface area contributed by atoms with E-state index in [-0.39, 0.29) is 10.6 Å². The highest BCUT2D eigenvalue weighted by Crippen LogP contribution is 2.32. The topological polar surface area (TPSA) is 52.4 Å². The molecular weight excluding hydrogens is 274 g/mol. The number of aryl methyl sites for hydroxylation is 1. The minimum absolute atomic E-state index is 0.187. The summed E-state index contributed by atoms with van der Waals surface area (Å²) < 4.78 is 5.11. The highest BCUT2D eigenvalue weighted by molar-refractivity contribution is 7.99. The first-order chi connectivity index (χ1) is 9.63. The van der Waals surface area contributed by atoms with E-state index in [0.717, 1.165) is 21.1 Å². The maximum Gasteiger partial charge on any atom is 0.272 e. The number of nitro groups is 1. The van der Waals surface area contributed by atoms with E-state index >= 15 is 0 Å². The van der Waals surface area contributed by atoms with Gasteiger partial charge in [0, 0.05) is 21.4 Å². The van der Waals surface area contributed by atoms with Crippen LogP contribution in [0.5, 0.6) is 5.75 Å². The van der Waals surface area contributed by atoms with Crippen LogP contribution in [0.2, 0.25) is 0 Å². The summed E-state index contributed by atoms with van der Waals surface area (Å²) >= 11 is 1.58. The van der Waals surface area contributed by atoms with Crippen LogP contribution >= 0.6 is 11.8 Å². The second-order valence-electron chi connectivity index (χ2n) is 4.18. The third-order valence-electron chi connectivity index (χ3n) is 2.92. The summed E-state index contributed by atoms with van der Waals surface area (Å²) in [5.41, 5.74) is 0.945. The van der Waals surface area contributed by atoms with Gasteiger partial charge in [-0.15, -0.1) is 0 Å². The molecule has 0 unspecified atom stereocenters. The van der Waals surface area contributed by atoms with Gasteiger partial charge in [-0.25, -0.2) is 0 Å². The van der Waals surface area contributed by atoms with Crippen LogP contribution < -0.4 is 4.74 Å². The Morgan fingerprint density at radius 1 is 1.15 bits per heavy atom. The molecular formula is C15H15NO3S. The van der Waals surface area contributed by atoms with Crippen molar-refractivity contribution < 1.29 is 9.66 Å². The summed E-state index contributed by atoms with van der Waals surface area (Å²) in [6.45, 7) is 1.92. The smallest absolute Gasteiger partial charge is 0.272 e. The molecule has 0 bridgehead atoms. The quantitative estimate of drug-likeness (QED) is 0.607. The number of hydrogen-bond donors (Lipinski definition) is 0. The third-order valence-corrected chi connectivity index (χ3v) is 3.92. The monoisotopic (exact) mass is 289 g/mol. The van der Waals surface area contributed by atoms with Crippen molar-refractivity contribution in [2.45, 2.75) is 23.1 Å². The van der Waals surface area contributed by atoms with Gasteiger partial charge in [0.2, 0.25) is 0 Å². The number of nitro benzene ring substituents is 1. The molecule has 20 heavy (non-hydrogen) atoms. The molecule has 0 aromatic heterocycles. The zero-order valence-corrected chi connectivity index (χ0v) is 12.1.